The predicted molar refractivity (Wildman–Crippen MR) is 61.8 cm³/mol. The molecule has 0 heterocycles. The zero-order chi connectivity index (χ0) is 10.4. The highest BCUT2D eigenvalue weighted by atomic mass is 32.2. The fourth-order valence-corrected chi connectivity index (χ4v) is 1.16. The summed E-state index contributed by atoms with van der Waals surface area (Å²) in [4.78, 5) is 4.18. The molecular formula is C10H14N2OS. The SMILES string of the molecule is COc1ccc(CN=C(N)SC)cc1. The number of nitrogens with zero attached hydrogens (tertiary/aromatic N) is 1. The number of ether oxygens (including phenoxy) is 1. The van der Waals surface area contributed by atoms with Crippen molar-refractivity contribution in [3.05, 3.63) is 29.8 Å². The molecule has 1 aromatic carbocycles. The van der Waals surface area contributed by atoms with Crippen LogP contribution in [0.5, 0.6) is 5.75 Å². The van der Waals surface area contributed by atoms with Gasteiger partial charge >= 0.3 is 0 Å². The molecule has 0 aliphatic carbocycles. The quantitative estimate of drug-likeness (QED) is 0.612. The monoisotopic (exact) mass is 210 g/mol. The predicted octanol–water partition coefficient (Wildman–Crippen LogP) is 1.87. The van der Waals surface area contributed by atoms with E-state index in [9.17, 15) is 0 Å². The van der Waals surface area contributed by atoms with Crippen molar-refractivity contribution in [2.45, 2.75) is 6.54 Å². The first-order valence-corrected chi connectivity index (χ1v) is 5.45. The number of thioether (sulfide) groups is 1. The van der Waals surface area contributed by atoms with E-state index in [1.165, 1.54) is 11.8 Å². The fourth-order valence-electron chi connectivity index (χ4n) is 0.965. The van der Waals surface area contributed by atoms with Crippen LogP contribution in [0.1, 0.15) is 5.56 Å². The van der Waals surface area contributed by atoms with Gasteiger partial charge in [-0.3, -0.25) is 4.99 Å². The summed E-state index contributed by atoms with van der Waals surface area (Å²) in [5.41, 5.74) is 6.69. The molecule has 0 saturated heterocycles. The Morgan fingerprint density at radius 2 is 2.07 bits per heavy atom. The van der Waals surface area contributed by atoms with E-state index < -0.39 is 0 Å². The van der Waals surface area contributed by atoms with Crippen molar-refractivity contribution >= 4 is 16.9 Å². The summed E-state index contributed by atoms with van der Waals surface area (Å²) in [6.45, 7) is 0.622. The second-order valence-corrected chi connectivity index (χ2v) is 3.53. The van der Waals surface area contributed by atoms with Crippen molar-refractivity contribution in [3.63, 3.8) is 0 Å². The van der Waals surface area contributed by atoms with Gasteiger partial charge in [-0.15, -0.1) is 0 Å². The Hall–Kier alpha value is -1.16. The maximum Gasteiger partial charge on any atom is 0.153 e. The number of benzene rings is 1. The Morgan fingerprint density at radius 1 is 1.43 bits per heavy atom. The van der Waals surface area contributed by atoms with E-state index in [1.54, 1.807) is 7.11 Å². The number of hydrogen-bond acceptors (Lipinski definition) is 3. The Kier molecular flexibility index (Phi) is 4.32. The highest BCUT2D eigenvalue weighted by molar-refractivity contribution is 8.13. The average molecular weight is 210 g/mol. The minimum absolute atomic E-state index is 0.612. The van der Waals surface area contributed by atoms with Crippen LogP contribution in [0.3, 0.4) is 0 Å². The fraction of sp³-hybridized carbons (Fsp3) is 0.300. The van der Waals surface area contributed by atoms with E-state index >= 15 is 0 Å². The molecule has 76 valence electrons. The minimum atomic E-state index is 0.612. The van der Waals surface area contributed by atoms with E-state index in [4.69, 9.17) is 10.5 Å². The molecule has 1 aromatic rings. The lowest BCUT2D eigenvalue weighted by atomic mass is 10.2. The summed E-state index contributed by atoms with van der Waals surface area (Å²) in [7, 11) is 1.65. The number of amidine groups is 1. The zero-order valence-corrected chi connectivity index (χ0v) is 9.17. The third-order valence-electron chi connectivity index (χ3n) is 1.79. The number of nitrogens with two attached hydrogens (primary N) is 1. The summed E-state index contributed by atoms with van der Waals surface area (Å²) in [5, 5.41) is 0.612. The van der Waals surface area contributed by atoms with Crippen LogP contribution in [0.4, 0.5) is 0 Å². The molecule has 4 heteroatoms. The second-order valence-electron chi connectivity index (χ2n) is 2.71. The van der Waals surface area contributed by atoms with Crippen LogP contribution in [-0.4, -0.2) is 18.5 Å². The molecule has 2 N–H and O–H groups in total. The standard InChI is InChI=1S/C10H14N2OS/c1-13-9-5-3-8(4-6-9)7-12-10(11)14-2/h3-6H,7H2,1-2H3,(H2,11,12). The lowest BCUT2D eigenvalue weighted by molar-refractivity contribution is 0.414. The van der Waals surface area contributed by atoms with E-state index in [-0.39, 0.29) is 0 Å². The smallest absolute Gasteiger partial charge is 0.153 e. The Labute approximate surface area is 88.4 Å². The van der Waals surface area contributed by atoms with Crippen LogP contribution in [0.2, 0.25) is 0 Å². The molecule has 0 amide bonds. The van der Waals surface area contributed by atoms with Gasteiger partial charge in [-0.1, -0.05) is 23.9 Å². The Morgan fingerprint density at radius 3 is 2.57 bits per heavy atom. The van der Waals surface area contributed by atoms with Crippen molar-refractivity contribution in [3.8, 4) is 5.75 Å². The van der Waals surface area contributed by atoms with Gasteiger partial charge in [0, 0.05) is 0 Å². The van der Waals surface area contributed by atoms with E-state index in [0.29, 0.717) is 11.7 Å². The van der Waals surface area contributed by atoms with Crippen molar-refractivity contribution < 1.29 is 4.74 Å². The van der Waals surface area contributed by atoms with Crippen molar-refractivity contribution in [2.75, 3.05) is 13.4 Å². The van der Waals surface area contributed by atoms with Crippen LogP contribution in [0.15, 0.2) is 29.3 Å². The highest BCUT2D eigenvalue weighted by Crippen LogP contribution is 2.12. The van der Waals surface area contributed by atoms with Crippen molar-refractivity contribution in [1.29, 1.82) is 0 Å². The highest BCUT2D eigenvalue weighted by Gasteiger charge is 1.93. The van der Waals surface area contributed by atoms with Gasteiger partial charge in [0.05, 0.1) is 13.7 Å². The van der Waals surface area contributed by atoms with Crippen molar-refractivity contribution in [2.24, 2.45) is 10.7 Å². The molecule has 0 radical (unpaired) electrons. The number of hydrogen-bond donors (Lipinski definition) is 1. The van der Waals surface area contributed by atoms with Crippen LogP contribution in [0.25, 0.3) is 0 Å². The lowest BCUT2D eigenvalue weighted by Crippen LogP contribution is -2.05. The first kappa shape index (κ1) is 10.9. The van der Waals surface area contributed by atoms with Gasteiger partial charge in [0.1, 0.15) is 5.75 Å². The Bertz CT molecular complexity index is 308. The third kappa shape index (κ3) is 3.30. The van der Waals surface area contributed by atoms with Gasteiger partial charge in [-0.05, 0) is 24.0 Å². The van der Waals surface area contributed by atoms with E-state index in [0.717, 1.165) is 11.3 Å². The van der Waals surface area contributed by atoms with Gasteiger partial charge in [0.15, 0.2) is 5.17 Å². The molecule has 0 aliphatic heterocycles. The van der Waals surface area contributed by atoms with Gasteiger partial charge in [-0.2, -0.15) is 0 Å². The molecule has 3 nitrogen and oxygen atoms in total. The zero-order valence-electron chi connectivity index (χ0n) is 8.36. The first-order chi connectivity index (χ1) is 6.76. The van der Waals surface area contributed by atoms with E-state index in [1.807, 2.05) is 30.5 Å². The molecular weight excluding hydrogens is 196 g/mol. The molecule has 0 aliphatic rings. The van der Waals surface area contributed by atoms with Gasteiger partial charge < -0.3 is 10.5 Å². The molecule has 0 atom stereocenters. The summed E-state index contributed by atoms with van der Waals surface area (Å²) in [5.74, 6) is 0.857. The lowest BCUT2D eigenvalue weighted by Gasteiger charge is -2.01. The molecule has 0 unspecified atom stereocenters. The molecule has 0 saturated carbocycles. The van der Waals surface area contributed by atoms with Crippen LogP contribution in [0, 0.1) is 0 Å². The Balaban J connectivity index is 2.60. The normalized spacial score (nSPS) is 11.4. The summed E-state index contributed by atoms with van der Waals surface area (Å²) in [6, 6.07) is 7.80. The van der Waals surface area contributed by atoms with Crippen LogP contribution in [-0.2, 0) is 6.54 Å². The number of rotatable bonds is 3. The second kappa shape index (κ2) is 5.54. The van der Waals surface area contributed by atoms with Crippen LogP contribution < -0.4 is 10.5 Å². The molecule has 14 heavy (non-hydrogen) atoms. The molecule has 1 rings (SSSR count). The topological polar surface area (TPSA) is 47.6 Å². The molecule has 0 bridgehead atoms. The molecule has 0 fully saturated rings. The van der Waals surface area contributed by atoms with Gasteiger partial charge in [-0.25, -0.2) is 0 Å². The van der Waals surface area contributed by atoms with Gasteiger partial charge in [0.2, 0.25) is 0 Å². The summed E-state index contributed by atoms with van der Waals surface area (Å²) >= 11 is 1.45. The first-order valence-electron chi connectivity index (χ1n) is 4.23. The third-order valence-corrected chi connectivity index (χ3v) is 2.33. The maximum absolute atomic E-state index is 5.57. The minimum Gasteiger partial charge on any atom is -0.497 e. The largest absolute Gasteiger partial charge is 0.497 e. The molecule has 0 aromatic heterocycles. The molecule has 0 spiro atoms. The number of aliphatic imine (C=N–C) groups is 1. The van der Waals surface area contributed by atoms with Crippen LogP contribution >= 0.6 is 11.8 Å². The van der Waals surface area contributed by atoms with Crippen molar-refractivity contribution in [1.82, 2.24) is 0 Å². The summed E-state index contributed by atoms with van der Waals surface area (Å²) in [6.07, 6.45) is 1.91. The van der Waals surface area contributed by atoms with Gasteiger partial charge in [0.25, 0.3) is 0 Å². The number of methoxy groups -OCH3 is 1. The maximum atomic E-state index is 5.57. The summed E-state index contributed by atoms with van der Waals surface area (Å²) < 4.78 is 5.05. The van der Waals surface area contributed by atoms with E-state index in [2.05, 4.69) is 4.99 Å². The average Bonchev–Trinajstić information content (AvgIpc) is 2.26.